The molecule has 2 heterocycles. The number of rotatable bonds is 2. The van der Waals surface area contributed by atoms with Gasteiger partial charge in [0.05, 0.1) is 20.2 Å². The molecule has 0 N–H and O–H groups in total. The van der Waals surface area contributed by atoms with Gasteiger partial charge in [0.2, 0.25) is 0 Å². The number of nitrogens with zero attached hydrogens (tertiary/aromatic N) is 2. The zero-order valence-corrected chi connectivity index (χ0v) is 21.1. The third-order valence-electron chi connectivity index (χ3n) is 8.25. The molecular formula is C20H31Cl2N2OSiTi-. The summed E-state index contributed by atoms with van der Waals surface area (Å²) in [7, 11) is 14.5. The van der Waals surface area contributed by atoms with Crippen LogP contribution >= 0.6 is 18.6 Å². The molecule has 3 fully saturated rings. The first-order valence-electron chi connectivity index (χ1n) is 9.61. The Morgan fingerprint density at radius 2 is 1.85 bits per heavy atom. The number of quaternary nitrogens is 1. The van der Waals surface area contributed by atoms with Crippen molar-refractivity contribution in [1.29, 1.82) is 0 Å². The van der Waals surface area contributed by atoms with Crippen molar-refractivity contribution in [2.24, 2.45) is 11.8 Å². The number of ether oxygens (including phenoxy) is 1. The SMILES string of the molecule is C[N-][Si]1(C)C2C3CCCCC3C3c4cc(OC)ccc4[N+]1(C)C32.[CH3-].[Cl][Ti][Cl]. The van der Waals surface area contributed by atoms with E-state index in [1.54, 1.807) is 18.4 Å². The molecule has 2 aliphatic carbocycles. The molecular weight excluding hydrogens is 431 g/mol. The Kier molecular flexibility index (Phi) is 6.51. The normalized spacial score (nSPS) is 42.4. The van der Waals surface area contributed by atoms with Gasteiger partial charge < -0.3 is 21.3 Å². The Bertz CT molecular complexity index is 711. The summed E-state index contributed by atoms with van der Waals surface area (Å²) in [6.07, 6.45) is 5.77. The zero-order valence-electron chi connectivity index (χ0n) is 17.0. The second kappa shape index (κ2) is 7.94. The van der Waals surface area contributed by atoms with Gasteiger partial charge in [-0.3, -0.25) is 0 Å². The number of fused-ring (bicyclic) bond motifs is 6. The number of methoxy groups -OCH3 is 1. The molecule has 1 aromatic rings. The number of benzene rings is 1. The van der Waals surface area contributed by atoms with Crippen molar-refractivity contribution in [3.8, 4) is 5.75 Å². The molecule has 0 bridgehead atoms. The predicted molar refractivity (Wildman–Crippen MR) is 115 cm³/mol. The molecule has 150 valence electrons. The molecule has 5 rings (SSSR count). The number of hydrogen-bond donors (Lipinski definition) is 0. The Hall–Kier alpha value is 0.451. The van der Waals surface area contributed by atoms with E-state index in [2.05, 4.69) is 38.8 Å². The van der Waals surface area contributed by atoms with Gasteiger partial charge in [-0.25, -0.2) is 0 Å². The van der Waals surface area contributed by atoms with Gasteiger partial charge in [-0.2, -0.15) is 7.05 Å². The van der Waals surface area contributed by atoms with E-state index < -0.39 is 25.4 Å². The number of likely N-dealkylation sites (N-methyl/N-ethyl adjacent to an activating group) is 1. The van der Waals surface area contributed by atoms with Crippen molar-refractivity contribution in [3.05, 3.63) is 36.2 Å². The van der Waals surface area contributed by atoms with E-state index >= 15 is 0 Å². The van der Waals surface area contributed by atoms with Crippen LogP contribution in [0.1, 0.15) is 37.2 Å². The monoisotopic (exact) mass is 461 g/mol. The van der Waals surface area contributed by atoms with E-state index in [9.17, 15) is 0 Å². The Morgan fingerprint density at radius 3 is 2.44 bits per heavy atom. The van der Waals surface area contributed by atoms with Crippen LogP contribution in [0.3, 0.4) is 0 Å². The van der Waals surface area contributed by atoms with Crippen molar-refractivity contribution in [2.45, 2.75) is 49.7 Å². The second-order valence-electron chi connectivity index (χ2n) is 8.54. The van der Waals surface area contributed by atoms with E-state index in [4.69, 9.17) is 28.3 Å². The fourth-order valence-corrected chi connectivity index (χ4v) is 12.3. The summed E-state index contributed by atoms with van der Waals surface area (Å²) < 4.78 is 6.74. The van der Waals surface area contributed by atoms with Crippen molar-refractivity contribution in [2.75, 3.05) is 21.2 Å². The molecule has 1 aromatic carbocycles. The topological polar surface area (TPSA) is 23.3 Å². The molecule has 0 spiro atoms. The van der Waals surface area contributed by atoms with Gasteiger partial charge in [0, 0.05) is 23.1 Å². The van der Waals surface area contributed by atoms with E-state index in [1.807, 2.05) is 0 Å². The van der Waals surface area contributed by atoms with Crippen LogP contribution in [0.25, 0.3) is 4.98 Å². The molecule has 7 unspecified atom stereocenters. The van der Waals surface area contributed by atoms with Crippen LogP contribution in [-0.2, 0) is 17.0 Å². The van der Waals surface area contributed by atoms with Crippen molar-refractivity contribution < 1.29 is 21.8 Å². The summed E-state index contributed by atoms with van der Waals surface area (Å²) in [6, 6.07) is 7.70. The standard InChI is InChI=1S/C19H28N2OSi.CH3.2ClH.Ti/c1-20-23(4)19-14-8-6-5-7-13(14)17-15-11-12(22-3)9-10-16(15)21(23,2)18(17)19;;;;/h9-11,13-14,17-19H,5-8H2,1-4H3;1H3;2*1H;/q;-1;;;+2/p-2. The van der Waals surface area contributed by atoms with Crippen LogP contribution in [0.2, 0.25) is 12.1 Å². The summed E-state index contributed by atoms with van der Waals surface area (Å²) in [5.74, 6) is 3.65. The fourth-order valence-electron chi connectivity index (χ4n) is 7.24. The summed E-state index contributed by atoms with van der Waals surface area (Å²) in [5, 5.41) is 0. The Balaban J connectivity index is 0.000000495. The Morgan fingerprint density at radius 1 is 1.22 bits per heavy atom. The molecule has 2 saturated carbocycles. The molecule has 1 saturated heterocycles. The van der Waals surface area contributed by atoms with E-state index in [0.29, 0.717) is 0 Å². The molecule has 2 aliphatic heterocycles. The molecule has 0 radical (unpaired) electrons. The van der Waals surface area contributed by atoms with Crippen LogP contribution in [0, 0.1) is 19.3 Å². The van der Waals surface area contributed by atoms with Crippen LogP contribution in [-0.4, -0.2) is 35.6 Å². The maximum absolute atomic E-state index is 5.57. The van der Waals surface area contributed by atoms with Crippen molar-refractivity contribution >= 4 is 32.7 Å². The van der Waals surface area contributed by atoms with Crippen LogP contribution in [0.15, 0.2) is 18.2 Å². The number of halogens is 2. The van der Waals surface area contributed by atoms with E-state index in [1.165, 1.54) is 29.8 Å². The van der Waals surface area contributed by atoms with E-state index in [0.717, 1.165) is 35.1 Å². The summed E-state index contributed by atoms with van der Waals surface area (Å²) in [5.41, 5.74) is 4.09. The average molecular weight is 462 g/mol. The average Bonchev–Trinajstić information content (AvgIpc) is 3.11. The summed E-state index contributed by atoms with van der Waals surface area (Å²) >= 11 is -0.556. The van der Waals surface area contributed by atoms with Gasteiger partial charge >= 0.3 is 35.6 Å². The van der Waals surface area contributed by atoms with Gasteiger partial charge in [-0.05, 0) is 43.4 Å². The molecule has 27 heavy (non-hydrogen) atoms. The fraction of sp³-hybridized carbons (Fsp3) is 0.650. The van der Waals surface area contributed by atoms with Gasteiger partial charge in [0.25, 0.3) is 0 Å². The van der Waals surface area contributed by atoms with Crippen molar-refractivity contribution in [3.63, 3.8) is 0 Å². The minimum atomic E-state index is -1.68. The first-order valence-corrected chi connectivity index (χ1v) is 16.4. The van der Waals surface area contributed by atoms with Crippen molar-refractivity contribution in [1.82, 2.24) is 4.15 Å². The van der Waals surface area contributed by atoms with Gasteiger partial charge in [-0.15, -0.1) is 0 Å². The quantitative estimate of drug-likeness (QED) is 0.379. The van der Waals surface area contributed by atoms with Crippen LogP contribution in [0.5, 0.6) is 5.75 Å². The number of hydrogen-bond acceptors (Lipinski definition) is 1. The molecule has 3 nitrogen and oxygen atoms in total. The first-order chi connectivity index (χ1) is 12.5. The molecule has 7 heteroatoms. The zero-order chi connectivity index (χ0) is 18.7. The van der Waals surface area contributed by atoms with Gasteiger partial charge in [-0.1, -0.05) is 12.8 Å². The van der Waals surface area contributed by atoms with Crippen LogP contribution in [0.4, 0.5) is 5.69 Å². The molecule has 0 amide bonds. The first kappa shape index (κ1) is 22.1. The second-order valence-corrected chi connectivity index (χ2v) is 15.4. The molecule has 0 aromatic heterocycles. The summed E-state index contributed by atoms with van der Waals surface area (Å²) in [4.78, 5) is 5.13. The van der Waals surface area contributed by atoms with Gasteiger partial charge in [0.1, 0.15) is 11.4 Å². The maximum atomic E-state index is 5.57. The Labute approximate surface area is 182 Å². The minimum absolute atomic E-state index is 0. The third-order valence-corrected chi connectivity index (χ3v) is 13.6. The summed E-state index contributed by atoms with van der Waals surface area (Å²) in [6.45, 7) is 2.56. The van der Waals surface area contributed by atoms with Crippen LogP contribution < -0.4 is 8.89 Å². The predicted octanol–water partition coefficient (Wildman–Crippen LogP) is 6.20. The van der Waals surface area contributed by atoms with E-state index in [-0.39, 0.29) is 7.43 Å². The van der Waals surface area contributed by atoms with Gasteiger partial charge in [0.15, 0.2) is 8.40 Å². The molecule has 7 atom stereocenters. The third kappa shape index (κ3) is 2.71. The molecule has 4 aliphatic rings.